The van der Waals surface area contributed by atoms with Gasteiger partial charge in [0.25, 0.3) is 0 Å². The summed E-state index contributed by atoms with van der Waals surface area (Å²) in [7, 11) is -1.42. The second-order valence-corrected chi connectivity index (χ2v) is 10.2. The normalized spacial score (nSPS) is 14.6. The van der Waals surface area contributed by atoms with Gasteiger partial charge in [0.05, 0.1) is 19.3 Å². The molecule has 35 heavy (non-hydrogen) atoms. The van der Waals surface area contributed by atoms with Crippen LogP contribution in [0.3, 0.4) is 0 Å². The molecule has 0 aromatic heterocycles. The zero-order chi connectivity index (χ0) is 25.6. The first-order valence-electron chi connectivity index (χ1n) is 11.0. The number of aliphatic hydroxyl groups is 1. The Bertz CT molecular complexity index is 1170. The van der Waals surface area contributed by atoms with Crippen molar-refractivity contribution in [3.63, 3.8) is 0 Å². The van der Waals surface area contributed by atoms with Crippen LogP contribution in [0, 0.1) is 0 Å². The molecule has 0 aliphatic heterocycles. The number of benzene rings is 3. The number of aromatic hydroxyl groups is 1. The van der Waals surface area contributed by atoms with Crippen molar-refractivity contribution in [1.82, 2.24) is 0 Å². The van der Waals surface area contributed by atoms with Gasteiger partial charge in [-0.05, 0) is 28.3 Å². The number of aliphatic hydroxyl groups excluding tert-OH is 1. The summed E-state index contributed by atoms with van der Waals surface area (Å²) < 4.78 is 35.3. The van der Waals surface area contributed by atoms with Gasteiger partial charge in [0, 0.05) is 32.2 Å². The van der Waals surface area contributed by atoms with Gasteiger partial charge in [-0.1, -0.05) is 66.7 Å². The van der Waals surface area contributed by atoms with E-state index in [1.54, 1.807) is 50.6 Å². The van der Waals surface area contributed by atoms with Crippen LogP contribution < -0.4 is 10.9 Å². The van der Waals surface area contributed by atoms with Gasteiger partial charge < -0.3 is 25.4 Å². The molecule has 0 bridgehead atoms. The Morgan fingerprint density at radius 2 is 1.31 bits per heavy atom. The molecule has 0 radical (unpaired) electrons. The Labute approximate surface area is 206 Å². The van der Waals surface area contributed by atoms with Gasteiger partial charge in [-0.15, -0.1) is 0 Å². The SMILES string of the molecule is COCc1ccc(C(c2ccc(COC)cc2)C(c2ccccc2O)(C(O)CN)S(N)(=O)=O)cc1. The second kappa shape index (κ2) is 11.3. The maximum Gasteiger partial charge on any atom is 0.222 e. The van der Waals surface area contributed by atoms with E-state index in [2.05, 4.69) is 0 Å². The highest BCUT2D eigenvalue weighted by Crippen LogP contribution is 2.51. The van der Waals surface area contributed by atoms with E-state index < -0.39 is 33.3 Å². The molecule has 6 N–H and O–H groups in total. The summed E-state index contributed by atoms with van der Waals surface area (Å²) >= 11 is 0. The predicted molar refractivity (Wildman–Crippen MR) is 134 cm³/mol. The number of phenols is 1. The Balaban J connectivity index is 2.40. The molecule has 0 aliphatic rings. The molecule has 0 saturated carbocycles. The molecule has 0 aliphatic carbocycles. The summed E-state index contributed by atoms with van der Waals surface area (Å²) in [5.74, 6) is -1.33. The minimum Gasteiger partial charge on any atom is -0.508 e. The van der Waals surface area contributed by atoms with E-state index in [4.69, 9.17) is 20.3 Å². The number of primary sulfonamides is 1. The number of nitrogens with two attached hydrogens (primary N) is 2. The van der Waals surface area contributed by atoms with Crippen LogP contribution in [0.2, 0.25) is 0 Å². The number of rotatable bonds is 11. The largest absolute Gasteiger partial charge is 0.508 e. The van der Waals surface area contributed by atoms with Crippen molar-refractivity contribution in [1.29, 1.82) is 0 Å². The molecule has 3 rings (SSSR count). The quantitative estimate of drug-likeness (QED) is 0.316. The number of hydrogen-bond acceptors (Lipinski definition) is 7. The van der Waals surface area contributed by atoms with Crippen molar-refractivity contribution in [2.75, 3.05) is 20.8 Å². The molecule has 0 spiro atoms. The van der Waals surface area contributed by atoms with E-state index in [1.165, 1.54) is 12.1 Å². The molecule has 3 aromatic carbocycles. The summed E-state index contributed by atoms with van der Waals surface area (Å²) in [6.07, 6.45) is -1.65. The lowest BCUT2D eigenvalue weighted by molar-refractivity contribution is 0.118. The monoisotopic (exact) mass is 500 g/mol. The Morgan fingerprint density at radius 1 is 0.857 bits per heavy atom. The molecule has 3 aromatic rings. The Morgan fingerprint density at radius 3 is 1.69 bits per heavy atom. The first-order chi connectivity index (χ1) is 16.7. The highest BCUT2D eigenvalue weighted by Gasteiger charge is 2.57. The Kier molecular flexibility index (Phi) is 8.65. The van der Waals surface area contributed by atoms with Gasteiger partial charge in [0.2, 0.25) is 10.0 Å². The first-order valence-corrected chi connectivity index (χ1v) is 12.6. The van der Waals surface area contributed by atoms with Crippen LogP contribution in [0.25, 0.3) is 0 Å². The standard InChI is InChI=1S/C26H32N2O6S/c1-33-16-18-7-11-20(12-8-18)25(21-13-9-19(10-14-21)17-34-2)26(24(30)15-27,35(28,31)32)22-5-3-4-6-23(22)29/h3-14,24-25,29-30H,15-17,27H2,1-2H3,(H2,28,31,32). The predicted octanol–water partition coefficient (Wildman–Crippen LogP) is 2.32. The van der Waals surface area contributed by atoms with Crippen molar-refractivity contribution in [3.05, 3.63) is 101 Å². The van der Waals surface area contributed by atoms with Crippen LogP contribution in [-0.2, 0) is 37.5 Å². The van der Waals surface area contributed by atoms with Crippen LogP contribution in [0.1, 0.15) is 33.7 Å². The van der Waals surface area contributed by atoms with Crippen molar-refractivity contribution < 1.29 is 28.1 Å². The molecule has 0 saturated heterocycles. The lowest BCUT2D eigenvalue weighted by atomic mass is 9.73. The highest BCUT2D eigenvalue weighted by atomic mass is 32.2. The third-order valence-corrected chi connectivity index (χ3v) is 7.86. The topological polar surface area (TPSA) is 145 Å². The minimum absolute atomic E-state index is 0.0348. The molecule has 8 nitrogen and oxygen atoms in total. The number of phenolic OH excluding ortho intramolecular Hbond substituents is 1. The number of ether oxygens (including phenoxy) is 2. The first kappa shape index (κ1) is 26.8. The van der Waals surface area contributed by atoms with Gasteiger partial charge in [-0.25, -0.2) is 13.6 Å². The van der Waals surface area contributed by atoms with E-state index in [-0.39, 0.29) is 11.3 Å². The summed E-state index contributed by atoms with van der Waals surface area (Å²) in [4.78, 5) is 0. The summed E-state index contributed by atoms with van der Waals surface area (Å²) in [6.45, 7) is 0.342. The molecule has 2 atom stereocenters. The lowest BCUT2D eigenvalue weighted by Gasteiger charge is -2.43. The number of para-hydroxylation sites is 1. The fourth-order valence-corrected chi connectivity index (χ4v) is 6.20. The third kappa shape index (κ3) is 5.25. The second-order valence-electron chi connectivity index (χ2n) is 8.39. The smallest absolute Gasteiger partial charge is 0.222 e. The zero-order valence-electron chi connectivity index (χ0n) is 19.8. The third-order valence-electron chi connectivity index (χ3n) is 6.19. The van der Waals surface area contributed by atoms with Crippen molar-refractivity contribution in [2.45, 2.75) is 30.0 Å². The van der Waals surface area contributed by atoms with Gasteiger partial charge >= 0.3 is 0 Å². The average molecular weight is 501 g/mol. The fourth-order valence-electron chi connectivity index (χ4n) is 4.65. The van der Waals surface area contributed by atoms with Crippen LogP contribution in [0.4, 0.5) is 0 Å². The molecule has 2 unspecified atom stereocenters. The zero-order valence-corrected chi connectivity index (χ0v) is 20.6. The molecule has 0 fully saturated rings. The minimum atomic E-state index is -4.59. The van der Waals surface area contributed by atoms with Crippen LogP contribution in [0.5, 0.6) is 5.75 Å². The van der Waals surface area contributed by atoms with Gasteiger partial charge in [-0.3, -0.25) is 0 Å². The van der Waals surface area contributed by atoms with Gasteiger partial charge in [0.1, 0.15) is 5.75 Å². The van der Waals surface area contributed by atoms with Gasteiger partial charge in [-0.2, -0.15) is 0 Å². The number of sulfonamides is 1. The highest BCUT2D eigenvalue weighted by molar-refractivity contribution is 7.90. The summed E-state index contributed by atoms with van der Waals surface area (Å²) in [5, 5.41) is 28.1. The Hall–Kier alpha value is -2.79. The summed E-state index contributed by atoms with van der Waals surface area (Å²) in [6, 6.07) is 20.3. The van der Waals surface area contributed by atoms with E-state index in [9.17, 15) is 18.6 Å². The van der Waals surface area contributed by atoms with E-state index in [0.717, 1.165) is 11.1 Å². The van der Waals surface area contributed by atoms with E-state index >= 15 is 0 Å². The van der Waals surface area contributed by atoms with Crippen LogP contribution in [-0.4, -0.2) is 45.5 Å². The van der Waals surface area contributed by atoms with Crippen molar-refractivity contribution in [3.8, 4) is 5.75 Å². The van der Waals surface area contributed by atoms with E-state index in [0.29, 0.717) is 24.3 Å². The van der Waals surface area contributed by atoms with Gasteiger partial charge in [0.15, 0.2) is 4.75 Å². The average Bonchev–Trinajstić information content (AvgIpc) is 2.84. The maximum absolute atomic E-state index is 13.5. The number of hydrogen-bond donors (Lipinski definition) is 4. The fraction of sp³-hybridized carbons (Fsp3) is 0.308. The van der Waals surface area contributed by atoms with Crippen LogP contribution in [0.15, 0.2) is 72.8 Å². The lowest BCUT2D eigenvalue weighted by Crippen LogP contribution is -2.56. The van der Waals surface area contributed by atoms with Crippen molar-refractivity contribution in [2.24, 2.45) is 10.9 Å². The number of methoxy groups -OCH3 is 2. The van der Waals surface area contributed by atoms with E-state index in [1.807, 2.05) is 24.3 Å². The molecular weight excluding hydrogens is 468 g/mol. The molecular formula is C26H32N2O6S. The molecule has 0 heterocycles. The summed E-state index contributed by atoms with van der Waals surface area (Å²) in [5.41, 5.74) is 8.74. The molecule has 9 heteroatoms. The van der Waals surface area contributed by atoms with Crippen molar-refractivity contribution >= 4 is 10.0 Å². The van der Waals surface area contributed by atoms with Crippen LogP contribution >= 0.6 is 0 Å². The molecule has 0 amide bonds. The molecule has 188 valence electrons. The maximum atomic E-state index is 13.5.